The number of hydrogen-bond donors (Lipinski definition) is 1. The van der Waals surface area contributed by atoms with Crippen molar-refractivity contribution in [3.63, 3.8) is 0 Å². The third kappa shape index (κ3) is 1.11. The fraction of sp³-hybridized carbons (Fsp3) is 0.273. The highest BCUT2D eigenvalue weighted by Gasteiger charge is 2.05. The molecule has 1 N–H and O–H groups in total. The number of benzene rings is 1. The maximum absolute atomic E-state index is 3.36. The van der Waals surface area contributed by atoms with Gasteiger partial charge in [-0.15, -0.1) is 0 Å². The summed E-state index contributed by atoms with van der Waals surface area (Å²) in [5.41, 5.74) is 5.30. The molecule has 62 valence electrons. The molecule has 2 rings (SSSR count). The molecule has 1 nitrogen and oxygen atoms in total. The molecule has 0 bridgehead atoms. The molecule has 0 amide bonds. The average molecular weight is 159 g/mol. The quantitative estimate of drug-likeness (QED) is 0.613. The fourth-order valence-electron chi connectivity index (χ4n) is 1.69. The van der Waals surface area contributed by atoms with Gasteiger partial charge in [0.05, 0.1) is 0 Å². The normalized spacial score (nSPS) is 13.8. The van der Waals surface area contributed by atoms with E-state index in [-0.39, 0.29) is 0 Å². The van der Waals surface area contributed by atoms with Crippen LogP contribution in [0.25, 0.3) is 6.08 Å². The van der Waals surface area contributed by atoms with Gasteiger partial charge in [-0.25, -0.2) is 0 Å². The smallest absolute Gasteiger partial charge is 0.0421 e. The second-order valence-electron chi connectivity index (χ2n) is 3.33. The largest absolute Gasteiger partial charge is 0.381 e. The van der Waals surface area contributed by atoms with Crippen molar-refractivity contribution >= 4 is 11.8 Å². The molecular formula is C11H13N. The average Bonchev–Trinajstić information content (AvgIpc) is 2.04. The van der Waals surface area contributed by atoms with Crippen LogP contribution in [0.5, 0.6) is 0 Å². The van der Waals surface area contributed by atoms with Gasteiger partial charge in [-0.1, -0.05) is 18.2 Å². The fourth-order valence-corrected chi connectivity index (χ4v) is 1.69. The molecule has 1 heteroatoms. The zero-order valence-electron chi connectivity index (χ0n) is 7.52. The Kier molecular flexibility index (Phi) is 1.65. The highest BCUT2D eigenvalue weighted by Crippen LogP contribution is 2.25. The number of aryl methyl sites for hydroxylation is 2. The van der Waals surface area contributed by atoms with Crippen LogP contribution in [-0.2, 0) is 0 Å². The van der Waals surface area contributed by atoms with Gasteiger partial charge in [-0.3, -0.25) is 0 Å². The molecule has 0 atom stereocenters. The Balaban J connectivity index is 2.62. The Morgan fingerprint density at radius 1 is 1.25 bits per heavy atom. The molecule has 0 aliphatic carbocycles. The second-order valence-corrected chi connectivity index (χ2v) is 3.33. The molecule has 0 radical (unpaired) electrons. The van der Waals surface area contributed by atoms with Crippen molar-refractivity contribution in [2.45, 2.75) is 13.8 Å². The predicted octanol–water partition coefficient (Wildman–Crippen LogP) is 2.74. The van der Waals surface area contributed by atoms with Crippen LogP contribution < -0.4 is 5.32 Å². The van der Waals surface area contributed by atoms with Gasteiger partial charge in [-0.2, -0.15) is 0 Å². The lowest BCUT2D eigenvalue weighted by molar-refractivity contribution is 1.26. The molecule has 0 saturated heterocycles. The van der Waals surface area contributed by atoms with E-state index in [0.717, 1.165) is 6.54 Å². The molecule has 1 aromatic carbocycles. The first-order valence-electron chi connectivity index (χ1n) is 4.29. The van der Waals surface area contributed by atoms with Crippen LogP contribution in [0.1, 0.15) is 16.7 Å². The minimum atomic E-state index is 0.954. The van der Waals surface area contributed by atoms with Gasteiger partial charge in [0.15, 0.2) is 0 Å². The number of anilines is 1. The number of nitrogens with one attached hydrogen (secondary N) is 1. The van der Waals surface area contributed by atoms with Crippen LogP contribution in [0, 0.1) is 13.8 Å². The van der Waals surface area contributed by atoms with Crippen LogP contribution in [0.2, 0.25) is 0 Å². The van der Waals surface area contributed by atoms with Crippen molar-refractivity contribution in [1.29, 1.82) is 0 Å². The van der Waals surface area contributed by atoms with E-state index < -0.39 is 0 Å². The molecule has 1 aliphatic heterocycles. The molecule has 12 heavy (non-hydrogen) atoms. The molecule has 0 aromatic heterocycles. The minimum Gasteiger partial charge on any atom is -0.381 e. The molecule has 1 aromatic rings. The summed E-state index contributed by atoms with van der Waals surface area (Å²) in [4.78, 5) is 0. The lowest BCUT2D eigenvalue weighted by Crippen LogP contribution is -2.05. The molecule has 0 saturated carbocycles. The number of fused-ring (bicyclic) bond motifs is 1. The van der Waals surface area contributed by atoms with Crippen LogP contribution in [0.4, 0.5) is 5.69 Å². The standard InChI is InChI=1S/C11H13N/c1-8-6-9(2)10-4-3-5-12-11(10)7-8/h3-4,6-7,12H,5H2,1-2H3. The van der Waals surface area contributed by atoms with Gasteiger partial charge in [0.1, 0.15) is 0 Å². The first-order valence-corrected chi connectivity index (χ1v) is 4.29. The van der Waals surface area contributed by atoms with E-state index in [9.17, 15) is 0 Å². The summed E-state index contributed by atoms with van der Waals surface area (Å²) in [6.07, 6.45) is 4.35. The van der Waals surface area contributed by atoms with Crippen molar-refractivity contribution in [2.24, 2.45) is 0 Å². The summed E-state index contributed by atoms with van der Waals surface area (Å²) >= 11 is 0. The summed E-state index contributed by atoms with van der Waals surface area (Å²) in [6, 6.07) is 4.42. The molecular weight excluding hydrogens is 146 g/mol. The van der Waals surface area contributed by atoms with Crippen LogP contribution in [0.3, 0.4) is 0 Å². The van der Waals surface area contributed by atoms with Crippen LogP contribution >= 0.6 is 0 Å². The van der Waals surface area contributed by atoms with Crippen molar-refractivity contribution < 1.29 is 0 Å². The minimum absolute atomic E-state index is 0.954. The summed E-state index contributed by atoms with van der Waals surface area (Å²) in [5, 5.41) is 3.36. The first kappa shape index (κ1) is 7.41. The van der Waals surface area contributed by atoms with Gasteiger partial charge in [0, 0.05) is 17.8 Å². The summed E-state index contributed by atoms with van der Waals surface area (Å²) in [7, 11) is 0. The zero-order chi connectivity index (χ0) is 8.55. The van der Waals surface area contributed by atoms with E-state index in [1.54, 1.807) is 0 Å². The molecule has 0 unspecified atom stereocenters. The third-order valence-electron chi connectivity index (χ3n) is 2.23. The maximum atomic E-state index is 3.36. The molecule has 1 aliphatic rings. The Morgan fingerprint density at radius 2 is 2.08 bits per heavy atom. The Bertz CT molecular complexity index is 337. The van der Waals surface area contributed by atoms with Crippen molar-refractivity contribution in [3.8, 4) is 0 Å². The lowest BCUT2D eigenvalue weighted by atomic mass is 10.0. The molecule has 0 spiro atoms. The predicted molar refractivity (Wildman–Crippen MR) is 53.4 cm³/mol. The Morgan fingerprint density at radius 3 is 2.92 bits per heavy atom. The highest BCUT2D eigenvalue weighted by molar-refractivity contribution is 5.73. The number of rotatable bonds is 0. The zero-order valence-corrected chi connectivity index (χ0v) is 7.52. The third-order valence-corrected chi connectivity index (χ3v) is 2.23. The molecule has 0 fully saturated rings. The van der Waals surface area contributed by atoms with Gasteiger partial charge in [0.2, 0.25) is 0 Å². The van der Waals surface area contributed by atoms with Gasteiger partial charge in [0.25, 0.3) is 0 Å². The van der Waals surface area contributed by atoms with E-state index in [0.29, 0.717) is 0 Å². The van der Waals surface area contributed by atoms with Gasteiger partial charge < -0.3 is 5.32 Å². The summed E-state index contributed by atoms with van der Waals surface area (Å²) < 4.78 is 0. The van der Waals surface area contributed by atoms with Crippen LogP contribution in [0.15, 0.2) is 18.2 Å². The lowest BCUT2D eigenvalue weighted by Gasteiger charge is -2.15. The second kappa shape index (κ2) is 2.67. The topological polar surface area (TPSA) is 12.0 Å². The number of hydrogen-bond acceptors (Lipinski definition) is 1. The van der Waals surface area contributed by atoms with E-state index >= 15 is 0 Å². The summed E-state index contributed by atoms with van der Waals surface area (Å²) in [5.74, 6) is 0. The van der Waals surface area contributed by atoms with E-state index in [1.807, 2.05) is 0 Å². The Labute approximate surface area is 73.1 Å². The van der Waals surface area contributed by atoms with E-state index in [4.69, 9.17) is 0 Å². The monoisotopic (exact) mass is 159 g/mol. The van der Waals surface area contributed by atoms with Crippen molar-refractivity contribution in [3.05, 3.63) is 34.9 Å². The maximum Gasteiger partial charge on any atom is 0.0421 e. The Hall–Kier alpha value is -1.24. The van der Waals surface area contributed by atoms with E-state index in [2.05, 4.69) is 43.4 Å². The van der Waals surface area contributed by atoms with Gasteiger partial charge in [-0.05, 0) is 31.0 Å². The van der Waals surface area contributed by atoms with Crippen LogP contribution in [-0.4, -0.2) is 6.54 Å². The van der Waals surface area contributed by atoms with Gasteiger partial charge >= 0.3 is 0 Å². The van der Waals surface area contributed by atoms with Crippen molar-refractivity contribution in [2.75, 3.05) is 11.9 Å². The summed E-state index contributed by atoms with van der Waals surface area (Å²) in [6.45, 7) is 5.24. The first-order chi connectivity index (χ1) is 5.77. The SMILES string of the molecule is Cc1cc(C)c2c(c1)NCC=C2. The van der Waals surface area contributed by atoms with E-state index in [1.165, 1.54) is 22.4 Å². The highest BCUT2D eigenvalue weighted by atomic mass is 14.9. The van der Waals surface area contributed by atoms with Crippen molar-refractivity contribution in [1.82, 2.24) is 0 Å². The molecule has 1 heterocycles.